The number of amides is 2. The van der Waals surface area contributed by atoms with Gasteiger partial charge in [-0.1, -0.05) is 30.3 Å². The molecule has 1 aromatic rings. The number of rotatable bonds is 4. The molecule has 0 bridgehead atoms. The first-order valence-electron chi connectivity index (χ1n) is 7.61. The topological polar surface area (TPSA) is 40.6 Å². The van der Waals surface area contributed by atoms with Crippen LogP contribution in [0.15, 0.2) is 30.3 Å². The van der Waals surface area contributed by atoms with E-state index in [-0.39, 0.29) is 17.7 Å². The van der Waals surface area contributed by atoms with Crippen LogP contribution >= 0.6 is 0 Å². The Hall–Kier alpha value is -1.84. The summed E-state index contributed by atoms with van der Waals surface area (Å²) in [5.74, 6) is 0.293. The lowest BCUT2D eigenvalue weighted by Crippen LogP contribution is -2.46. The summed E-state index contributed by atoms with van der Waals surface area (Å²) in [6.45, 7) is 1.34. The SMILES string of the molecule is CN(C)C(=O)N1CCC[C@H](C(=O)CCc2ccccc2)C1. The molecule has 114 valence electrons. The van der Waals surface area contributed by atoms with Crippen LogP contribution in [0.5, 0.6) is 0 Å². The normalized spacial score (nSPS) is 18.4. The fourth-order valence-corrected chi connectivity index (χ4v) is 2.81. The summed E-state index contributed by atoms with van der Waals surface area (Å²) in [5, 5.41) is 0. The van der Waals surface area contributed by atoms with Gasteiger partial charge in [-0.3, -0.25) is 4.79 Å². The Morgan fingerprint density at radius 1 is 1.24 bits per heavy atom. The predicted octanol–water partition coefficient (Wildman–Crippen LogP) is 2.58. The van der Waals surface area contributed by atoms with Crippen molar-refractivity contribution in [3.63, 3.8) is 0 Å². The highest BCUT2D eigenvalue weighted by molar-refractivity contribution is 5.82. The van der Waals surface area contributed by atoms with Crippen molar-refractivity contribution >= 4 is 11.8 Å². The number of nitrogens with zero attached hydrogens (tertiary/aromatic N) is 2. The van der Waals surface area contributed by atoms with Crippen LogP contribution in [-0.4, -0.2) is 48.8 Å². The van der Waals surface area contributed by atoms with Crippen molar-refractivity contribution < 1.29 is 9.59 Å². The first-order chi connectivity index (χ1) is 10.1. The summed E-state index contributed by atoms with van der Waals surface area (Å²) in [7, 11) is 3.51. The van der Waals surface area contributed by atoms with E-state index in [9.17, 15) is 9.59 Å². The predicted molar refractivity (Wildman–Crippen MR) is 83.2 cm³/mol. The zero-order valence-corrected chi connectivity index (χ0v) is 12.9. The summed E-state index contributed by atoms with van der Waals surface area (Å²) >= 11 is 0. The van der Waals surface area contributed by atoms with Crippen molar-refractivity contribution in [3.05, 3.63) is 35.9 Å². The first kappa shape index (κ1) is 15.5. The van der Waals surface area contributed by atoms with Crippen LogP contribution < -0.4 is 0 Å². The van der Waals surface area contributed by atoms with Crippen LogP contribution in [0.3, 0.4) is 0 Å². The van der Waals surface area contributed by atoms with Crippen molar-refractivity contribution in [1.82, 2.24) is 9.80 Å². The Balaban J connectivity index is 1.86. The number of hydrogen-bond acceptors (Lipinski definition) is 2. The lowest BCUT2D eigenvalue weighted by Gasteiger charge is -2.33. The molecule has 2 rings (SSSR count). The van der Waals surface area contributed by atoms with Crippen LogP contribution in [-0.2, 0) is 11.2 Å². The number of carbonyl (C=O) groups is 2. The van der Waals surface area contributed by atoms with E-state index in [0.29, 0.717) is 13.0 Å². The molecule has 0 aromatic heterocycles. The van der Waals surface area contributed by atoms with E-state index in [2.05, 4.69) is 12.1 Å². The van der Waals surface area contributed by atoms with Crippen molar-refractivity contribution in [2.45, 2.75) is 25.7 Å². The van der Waals surface area contributed by atoms with Crippen molar-refractivity contribution in [2.75, 3.05) is 27.2 Å². The molecule has 0 saturated carbocycles. The van der Waals surface area contributed by atoms with Crippen LogP contribution in [0.25, 0.3) is 0 Å². The number of piperidine rings is 1. The van der Waals surface area contributed by atoms with Gasteiger partial charge in [-0.2, -0.15) is 0 Å². The van der Waals surface area contributed by atoms with Gasteiger partial charge in [-0.25, -0.2) is 4.79 Å². The molecule has 1 aliphatic rings. The van der Waals surface area contributed by atoms with Gasteiger partial charge < -0.3 is 9.80 Å². The highest BCUT2D eigenvalue weighted by Crippen LogP contribution is 2.20. The lowest BCUT2D eigenvalue weighted by molar-refractivity contribution is -0.124. The maximum absolute atomic E-state index is 12.4. The molecule has 1 atom stereocenters. The molecular formula is C17H24N2O2. The van der Waals surface area contributed by atoms with E-state index in [1.807, 2.05) is 18.2 Å². The number of benzene rings is 1. The second-order valence-corrected chi connectivity index (χ2v) is 5.91. The third-order valence-corrected chi connectivity index (χ3v) is 4.03. The van der Waals surface area contributed by atoms with E-state index in [1.165, 1.54) is 5.56 Å². The van der Waals surface area contributed by atoms with E-state index >= 15 is 0 Å². The minimum absolute atomic E-state index is 0.00589. The largest absolute Gasteiger partial charge is 0.331 e. The Labute approximate surface area is 126 Å². The van der Waals surface area contributed by atoms with Gasteiger partial charge in [0.2, 0.25) is 0 Å². The van der Waals surface area contributed by atoms with Crippen molar-refractivity contribution in [1.29, 1.82) is 0 Å². The van der Waals surface area contributed by atoms with Gasteiger partial charge in [-0.15, -0.1) is 0 Å². The molecule has 21 heavy (non-hydrogen) atoms. The molecule has 0 aliphatic carbocycles. The zero-order chi connectivity index (χ0) is 15.2. The summed E-state index contributed by atoms with van der Waals surface area (Å²) in [5.41, 5.74) is 1.20. The summed E-state index contributed by atoms with van der Waals surface area (Å²) in [6, 6.07) is 10.1. The molecule has 1 aromatic carbocycles. The third kappa shape index (κ3) is 4.31. The lowest BCUT2D eigenvalue weighted by atomic mass is 9.91. The monoisotopic (exact) mass is 288 g/mol. The van der Waals surface area contributed by atoms with E-state index in [0.717, 1.165) is 25.8 Å². The Morgan fingerprint density at radius 2 is 1.95 bits per heavy atom. The van der Waals surface area contributed by atoms with Gasteiger partial charge in [0.25, 0.3) is 0 Å². The minimum Gasteiger partial charge on any atom is -0.331 e. The molecule has 0 spiro atoms. The molecule has 0 unspecified atom stereocenters. The van der Waals surface area contributed by atoms with Crippen LogP contribution in [0, 0.1) is 5.92 Å². The number of urea groups is 1. The average Bonchev–Trinajstić information content (AvgIpc) is 2.53. The quantitative estimate of drug-likeness (QED) is 0.854. The highest BCUT2D eigenvalue weighted by atomic mass is 16.2. The fraction of sp³-hybridized carbons (Fsp3) is 0.529. The van der Waals surface area contributed by atoms with Gasteiger partial charge in [-0.05, 0) is 24.8 Å². The van der Waals surface area contributed by atoms with E-state index < -0.39 is 0 Å². The van der Waals surface area contributed by atoms with Gasteiger partial charge in [0, 0.05) is 39.5 Å². The van der Waals surface area contributed by atoms with Crippen molar-refractivity contribution in [2.24, 2.45) is 5.92 Å². The maximum Gasteiger partial charge on any atom is 0.319 e. The molecule has 1 saturated heterocycles. The summed E-state index contributed by atoms with van der Waals surface area (Å²) in [6.07, 6.45) is 3.18. The summed E-state index contributed by atoms with van der Waals surface area (Å²) in [4.78, 5) is 27.7. The van der Waals surface area contributed by atoms with Crippen LogP contribution in [0.2, 0.25) is 0 Å². The molecule has 2 amide bonds. The average molecular weight is 288 g/mol. The highest BCUT2D eigenvalue weighted by Gasteiger charge is 2.28. The van der Waals surface area contributed by atoms with E-state index in [1.54, 1.807) is 23.9 Å². The third-order valence-electron chi connectivity index (χ3n) is 4.03. The molecule has 0 N–H and O–H groups in total. The van der Waals surface area contributed by atoms with Gasteiger partial charge in [0.05, 0.1) is 0 Å². The second kappa shape index (κ2) is 7.25. The molecular weight excluding hydrogens is 264 g/mol. The van der Waals surface area contributed by atoms with Gasteiger partial charge in [0.15, 0.2) is 0 Å². The fourth-order valence-electron chi connectivity index (χ4n) is 2.81. The minimum atomic E-state index is 0.00589. The molecule has 0 radical (unpaired) electrons. The van der Waals surface area contributed by atoms with Crippen LogP contribution in [0.4, 0.5) is 4.79 Å². The number of aryl methyl sites for hydroxylation is 1. The second-order valence-electron chi connectivity index (χ2n) is 5.91. The van der Waals surface area contributed by atoms with Crippen LogP contribution in [0.1, 0.15) is 24.8 Å². The Morgan fingerprint density at radius 3 is 2.62 bits per heavy atom. The zero-order valence-electron chi connectivity index (χ0n) is 12.9. The Kier molecular flexibility index (Phi) is 5.37. The Bertz CT molecular complexity index is 485. The maximum atomic E-state index is 12.4. The number of carbonyl (C=O) groups excluding carboxylic acids is 2. The molecule has 4 heteroatoms. The van der Waals surface area contributed by atoms with Gasteiger partial charge >= 0.3 is 6.03 Å². The number of ketones is 1. The number of hydrogen-bond donors (Lipinski definition) is 0. The number of Topliss-reactive ketones (excluding diaryl/α,β-unsaturated/α-hetero) is 1. The molecule has 1 aliphatic heterocycles. The van der Waals surface area contributed by atoms with Gasteiger partial charge in [0.1, 0.15) is 5.78 Å². The first-order valence-corrected chi connectivity index (χ1v) is 7.61. The standard InChI is InChI=1S/C17H24N2O2/c1-18(2)17(21)19-12-6-9-15(13-19)16(20)11-10-14-7-4-3-5-8-14/h3-5,7-8,15H,6,9-13H2,1-2H3/t15-/m0/s1. The number of likely N-dealkylation sites (tertiary alicyclic amines) is 1. The molecule has 1 heterocycles. The molecule has 4 nitrogen and oxygen atoms in total. The smallest absolute Gasteiger partial charge is 0.319 e. The molecule has 1 fully saturated rings. The van der Waals surface area contributed by atoms with Crippen molar-refractivity contribution in [3.8, 4) is 0 Å². The van der Waals surface area contributed by atoms with E-state index in [4.69, 9.17) is 0 Å². The summed E-state index contributed by atoms with van der Waals surface area (Å²) < 4.78 is 0.